The molecule has 6 amide bonds. The number of carbonyl (C=O) groups is 8. The van der Waals surface area contributed by atoms with Gasteiger partial charge in [-0.3, -0.25) is 33.6 Å². The van der Waals surface area contributed by atoms with Gasteiger partial charge in [-0.05, 0) is 61.0 Å². The summed E-state index contributed by atoms with van der Waals surface area (Å²) >= 11 is 3.40. The monoisotopic (exact) mass is 830 g/mol. The Labute approximate surface area is 343 Å². The second kappa shape index (κ2) is 21.6. The topological polar surface area (TPSA) is 220 Å². The summed E-state index contributed by atoms with van der Waals surface area (Å²) in [6.07, 6.45) is 6.42. The molecule has 314 valence electrons. The molecule has 5 atom stereocenters. The van der Waals surface area contributed by atoms with Gasteiger partial charge in [0, 0.05) is 19.9 Å². The van der Waals surface area contributed by atoms with E-state index in [2.05, 4.69) is 26.6 Å². The molecule has 1 aliphatic carbocycles. The first kappa shape index (κ1) is 45.6. The van der Waals surface area contributed by atoms with Gasteiger partial charge in [0.2, 0.25) is 35.3 Å². The molecular formula is C40H58N6O9S2. The summed E-state index contributed by atoms with van der Waals surface area (Å²) in [6, 6.07) is 2.63. The largest absolute Gasteiger partial charge is 0.479 e. The van der Waals surface area contributed by atoms with Gasteiger partial charge in [-0.1, -0.05) is 76.8 Å². The summed E-state index contributed by atoms with van der Waals surface area (Å²) in [5.41, 5.74) is 0.325. The number of carbonyl (C=O) groups excluding carboxylic acids is 7. The number of hydrogen-bond donors (Lipinski definition) is 6. The van der Waals surface area contributed by atoms with Crippen molar-refractivity contribution >= 4 is 70.7 Å². The summed E-state index contributed by atoms with van der Waals surface area (Å²) in [7, 11) is 0. The van der Waals surface area contributed by atoms with Gasteiger partial charge in [-0.15, -0.1) is 23.5 Å². The van der Waals surface area contributed by atoms with Gasteiger partial charge in [-0.25, -0.2) is 4.79 Å². The highest BCUT2D eigenvalue weighted by molar-refractivity contribution is 8.18. The average Bonchev–Trinajstić information content (AvgIpc) is 3.55. The smallest absolute Gasteiger partial charge is 0.330 e. The Kier molecular flexibility index (Phi) is 17.3. The van der Waals surface area contributed by atoms with Crippen LogP contribution in [0.5, 0.6) is 0 Å². The molecule has 0 bridgehead atoms. The number of hydrogen-bond acceptors (Lipinski definition) is 10. The van der Waals surface area contributed by atoms with Gasteiger partial charge in [0.05, 0.1) is 16.7 Å². The van der Waals surface area contributed by atoms with E-state index in [4.69, 9.17) is 0 Å². The van der Waals surface area contributed by atoms with Crippen LogP contribution in [0.15, 0.2) is 30.3 Å². The fourth-order valence-electron chi connectivity index (χ4n) is 7.74. The number of thioether (sulfide) groups is 2. The third kappa shape index (κ3) is 12.9. The van der Waals surface area contributed by atoms with Crippen molar-refractivity contribution in [3.63, 3.8) is 0 Å². The summed E-state index contributed by atoms with van der Waals surface area (Å²) in [6.45, 7) is 6.59. The van der Waals surface area contributed by atoms with E-state index in [1.807, 2.05) is 13.8 Å². The molecule has 1 aromatic rings. The maximum Gasteiger partial charge on any atom is 0.330 e. The first-order valence-corrected chi connectivity index (χ1v) is 22.0. The second-order valence-corrected chi connectivity index (χ2v) is 18.8. The van der Waals surface area contributed by atoms with E-state index in [1.165, 1.54) is 19.1 Å². The molecular weight excluding hydrogens is 773 g/mol. The van der Waals surface area contributed by atoms with Crippen LogP contribution in [-0.2, 0) is 38.4 Å². The molecule has 17 heteroatoms. The number of amides is 6. The summed E-state index contributed by atoms with van der Waals surface area (Å²) in [5, 5.41) is 22.7. The highest BCUT2D eigenvalue weighted by atomic mass is 32.2. The lowest BCUT2D eigenvalue weighted by Gasteiger charge is -2.36. The molecule has 6 N–H and O–H groups in total. The third-order valence-corrected chi connectivity index (χ3v) is 13.8. The number of nitrogens with zero attached hydrogens (tertiary/aromatic N) is 1. The zero-order valence-corrected chi connectivity index (χ0v) is 34.9. The van der Waals surface area contributed by atoms with Crippen molar-refractivity contribution in [3.8, 4) is 0 Å². The lowest BCUT2D eigenvalue weighted by molar-refractivity contribution is -0.145. The first-order valence-electron chi connectivity index (χ1n) is 20.0. The fraction of sp³-hybridized carbons (Fsp3) is 0.650. The Morgan fingerprint density at radius 1 is 0.877 bits per heavy atom. The zero-order chi connectivity index (χ0) is 41.7. The number of carboxylic acid groups (broad SMARTS) is 1. The Morgan fingerprint density at radius 3 is 2.14 bits per heavy atom. The van der Waals surface area contributed by atoms with Crippen molar-refractivity contribution < 1.29 is 43.5 Å². The van der Waals surface area contributed by atoms with Crippen LogP contribution < -0.4 is 26.6 Å². The van der Waals surface area contributed by atoms with E-state index in [9.17, 15) is 43.5 Å². The Balaban J connectivity index is 1.52. The molecule has 15 nitrogen and oxygen atoms in total. The maximum atomic E-state index is 14.8. The number of likely N-dealkylation sites (tertiary alicyclic amines) is 1. The van der Waals surface area contributed by atoms with Crippen LogP contribution in [0.1, 0.15) is 104 Å². The molecule has 2 heterocycles. The SMILES string of the molecule is CCCC(NC(=O)[C@@H]1CC2(CN1C(=O)[C@@H](NC(=O)[C@H](CC(C)C)NC(C)=O)C1CCCCC1)SCCCS2)C(=O)C(=O)NCC(=O)NC(C(=O)O)c1ccccc1. The van der Waals surface area contributed by atoms with E-state index < -0.39 is 76.2 Å². The van der Waals surface area contributed by atoms with Gasteiger partial charge in [-0.2, -0.15) is 0 Å². The van der Waals surface area contributed by atoms with Crippen molar-refractivity contribution in [1.82, 2.24) is 31.5 Å². The molecule has 1 spiro atoms. The molecule has 4 rings (SSSR count). The Hall–Kier alpha value is -4.12. The maximum absolute atomic E-state index is 14.8. The molecule has 0 aromatic heterocycles. The molecule has 57 heavy (non-hydrogen) atoms. The Morgan fingerprint density at radius 2 is 1.54 bits per heavy atom. The average molecular weight is 831 g/mol. The van der Waals surface area contributed by atoms with E-state index in [0.717, 1.165) is 37.2 Å². The number of nitrogens with one attached hydrogen (secondary N) is 5. The fourth-order valence-corrected chi connectivity index (χ4v) is 11.1. The van der Waals surface area contributed by atoms with Crippen LogP contribution in [0.3, 0.4) is 0 Å². The van der Waals surface area contributed by atoms with Gasteiger partial charge in [0.25, 0.3) is 5.91 Å². The summed E-state index contributed by atoms with van der Waals surface area (Å²) in [4.78, 5) is 108. The predicted molar refractivity (Wildman–Crippen MR) is 218 cm³/mol. The molecule has 1 aromatic carbocycles. The van der Waals surface area contributed by atoms with Crippen molar-refractivity contribution in [2.45, 2.75) is 126 Å². The van der Waals surface area contributed by atoms with Gasteiger partial charge in [0.15, 0.2) is 6.04 Å². The number of aliphatic carboxylic acids is 1. The van der Waals surface area contributed by atoms with E-state index in [-0.39, 0.29) is 36.6 Å². The molecule has 3 aliphatic rings. The molecule has 2 aliphatic heterocycles. The van der Waals surface area contributed by atoms with Crippen LogP contribution in [-0.4, -0.2) is 110 Å². The Bertz CT molecular complexity index is 1620. The van der Waals surface area contributed by atoms with Crippen LogP contribution in [0.25, 0.3) is 0 Å². The van der Waals surface area contributed by atoms with Gasteiger partial charge < -0.3 is 36.6 Å². The second-order valence-electron chi connectivity index (χ2n) is 15.6. The normalized spacial score (nSPS) is 20.1. The van der Waals surface area contributed by atoms with Crippen molar-refractivity contribution in [2.24, 2.45) is 11.8 Å². The minimum Gasteiger partial charge on any atom is -0.479 e. The molecule has 1 saturated carbocycles. The van der Waals surface area contributed by atoms with Gasteiger partial charge >= 0.3 is 5.97 Å². The summed E-state index contributed by atoms with van der Waals surface area (Å²) < 4.78 is -0.476. The third-order valence-electron chi connectivity index (χ3n) is 10.5. The van der Waals surface area contributed by atoms with Crippen molar-refractivity contribution in [1.29, 1.82) is 0 Å². The first-order chi connectivity index (χ1) is 27.1. The van der Waals surface area contributed by atoms with Crippen LogP contribution in [0.2, 0.25) is 0 Å². The van der Waals surface area contributed by atoms with Crippen LogP contribution >= 0.6 is 23.5 Å². The van der Waals surface area contributed by atoms with E-state index in [0.29, 0.717) is 37.7 Å². The lowest BCUT2D eigenvalue weighted by Crippen LogP contribution is -2.60. The summed E-state index contributed by atoms with van der Waals surface area (Å²) in [5.74, 6) is -4.42. The predicted octanol–water partition coefficient (Wildman–Crippen LogP) is 2.68. The van der Waals surface area contributed by atoms with Crippen LogP contribution in [0, 0.1) is 11.8 Å². The molecule has 3 fully saturated rings. The minimum absolute atomic E-state index is 0.0882. The lowest BCUT2D eigenvalue weighted by atomic mass is 9.83. The van der Waals surface area contributed by atoms with Crippen molar-refractivity contribution in [2.75, 3.05) is 24.6 Å². The zero-order valence-electron chi connectivity index (χ0n) is 33.3. The number of Topliss-reactive ketones (excluding diaryl/α,β-unsaturated/α-hetero) is 1. The number of ketones is 1. The highest BCUT2D eigenvalue weighted by Crippen LogP contribution is 2.50. The highest BCUT2D eigenvalue weighted by Gasteiger charge is 2.52. The van der Waals surface area contributed by atoms with Crippen molar-refractivity contribution in [3.05, 3.63) is 35.9 Å². The number of carboxylic acids is 1. The van der Waals surface area contributed by atoms with Crippen LogP contribution in [0.4, 0.5) is 0 Å². The quantitative estimate of drug-likeness (QED) is 0.118. The van der Waals surface area contributed by atoms with E-state index >= 15 is 0 Å². The minimum atomic E-state index is -1.37. The standard InChI is InChI=1S/C40H58N6O9S2/c1-5-13-28(34(49)37(52)41-22-31(48)44-33(39(54)55)27-16-10-7-11-17-27)43-36(51)30-21-40(56-18-12-19-57-40)23-46(30)38(53)32(26-14-8-6-9-15-26)45-35(50)29(20-24(2)3)42-25(4)47/h7,10-11,16-17,24,26,28-30,32-33H,5-6,8-9,12-15,18-23H2,1-4H3,(H,41,52)(H,42,47)(H,43,51)(H,44,48)(H,45,50)(H,54,55)/t28?,29-,30-,32-,33?/m0/s1. The molecule has 2 unspecified atom stereocenters. The van der Waals surface area contributed by atoms with Gasteiger partial charge in [0.1, 0.15) is 18.1 Å². The number of rotatable bonds is 18. The number of benzene rings is 1. The molecule has 2 saturated heterocycles. The molecule has 0 radical (unpaired) electrons. The van der Waals surface area contributed by atoms with E-state index in [1.54, 1.807) is 53.5 Å².